The van der Waals surface area contributed by atoms with E-state index in [2.05, 4.69) is 32.3 Å². The first kappa shape index (κ1) is 35.8. The molecule has 1 N–H and O–H groups in total. The third kappa shape index (κ3) is 7.76. The number of halogens is 3. The van der Waals surface area contributed by atoms with Gasteiger partial charge in [0.2, 0.25) is 0 Å². The lowest BCUT2D eigenvalue weighted by Crippen LogP contribution is -2.49. The van der Waals surface area contributed by atoms with Crippen LogP contribution in [0.5, 0.6) is 0 Å². The summed E-state index contributed by atoms with van der Waals surface area (Å²) in [5, 5.41) is 20.3. The van der Waals surface area contributed by atoms with Gasteiger partial charge in [-0.25, -0.2) is 4.98 Å². The third-order valence-electron chi connectivity index (χ3n) is 8.66. The van der Waals surface area contributed by atoms with E-state index in [-0.39, 0.29) is 30.0 Å². The van der Waals surface area contributed by atoms with Crippen LogP contribution in [0.4, 0.5) is 24.8 Å². The minimum atomic E-state index is -4.62. The van der Waals surface area contributed by atoms with E-state index in [9.17, 15) is 18.0 Å². The Morgan fingerprint density at radius 2 is 1.89 bits per heavy atom. The molecular formula is C34H45F3N8O2. The summed E-state index contributed by atoms with van der Waals surface area (Å²) in [6.07, 6.45) is -0.415. The molecule has 1 atom stereocenters. The van der Waals surface area contributed by atoms with Crippen molar-refractivity contribution in [2.45, 2.75) is 78.6 Å². The normalized spacial score (nSPS) is 18.6. The Bertz CT molecular complexity index is 1580. The highest BCUT2D eigenvalue weighted by atomic mass is 19.4. The van der Waals surface area contributed by atoms with Crippen molar-refractivity contribution < 1.29 is 22.7 Å². The van der Waals surface area contributed by atoms with E-state index in [0.29, 0.717) is 43.5 Å². The Hall–Kier alpha value is -4.02. The second-order valence-corrected chi connectivity index (χ2v) is 12.0. The highest BCUT2D eigenvalue weighted by Crippen LogP contribution is 2.42. The number of pyridine rings is 1. The fourth-order valence-corrected chi connectivity index (χ4v) is 6.36. The van der Waals surface area contributed by atoms with E-state index in [4.69, 9.17) is 10.00 Å². The van der Waals surface area contributed by atoms with Gasteiger partial charge in [0.05, 0.1) is 31.4 Å². The predicted molar refractivity (Wildman–Crippen MR) is 174 cm³/mol. The number of carbonyl (C=O) groups excluding carboxylic acids is 1. The maximum absolute atomic E-state index is 14.4. The van der Waals surface area contributed by atoms with Crippen LogP contribution in [0.1, 0.15) is 85.9 Å². The topological polar surface area (TPSA) is 112 Å². The second kappa shape index (κ2) is 15.3. The summed E-state index contributed by atoms with van der Waals surface area (Å²) in [6, 6.07) is 8.36. The van der Waals surface area contributed by atoms with Crippen molar-refractivity contribution in [3.05, 3.63) is 64.2 Å². The molecule has 0 aliphatic carbocycles. The van der Waals surface area contributed by atoms with E-state index in [1.165, 1.54) is 11.0 Å². The number of piperidine rings is 1. The molecule has 13 heteroatoms. The lowest BCUT2D eigenvalue weighted by molar-refractivity contribution is -0.138. The van der Waals surface area contributed by atoms with Crippen molar-refractivity contribution in [3.8, 4) is 6.07 Å². The van der Waals surface area contributed by atoms with Gasteiger partial charge in [0.25, 0.3) is 5.91 Å². The monoisotopic (exact) mass is 654 g/mol. The second-order valence-electron chi connectivity index (χ2n) is 12.0. The Morgan fingerprint density at radius 3 is 2.49 bits per heavy atom. The number of anilines is 2. The zero-order valence-electron chi connectivity index (χ0n) is 28.1. The molecule has 254 valence electrons. The first-order valence-corrected chi connectivity index (χ1v) is 16.4. The number of benzene rings is 1. The van der Waals surface area contributed by atoms with Crippen LogP contribution in [0, 0.1) is 17.2 Å². The van der Waals surface area contributed by atoms with Gasteiger partial charge in [-0.2, -0.15) is 18.4 Å². The number of fused-ring (bicyclic) bond motifs is 1. The van der Waals surface area contributed by atoms with Gasteiger partial charge in [0.1, 0.15) is 30.3 Å². The number of rotatable bonds is 8. The number of hydrogen-bond donors (Lipinski definition) is 1. The van der Waals surface area contributed by atoms with E-state index in [0.717, 1.165) is 37.3 Å². The first-order valence-electron chi connectivity index (χ1n) is 16.4. The maximum Gasteiger partial charge on any atom is 0.416 e. The Labute approximate surface area is 274 Å². The number of ether oxygens (including phenoxy) is 1. The Morgan fingerprint density at radius 1 is 1.15 bits per heavy atom. The molecule has 0 spiro atoms. The first-order chi connectivity index (χ1) is 22.6. The van der Waals surface area contributed by atoms with Crippen LogP contribution < -0.4 is 10.2 Å². The van der Waals surface area contributed by atoms with Crippen LogP contribution in [0.25, 0.3) is 0 Å². The molecule has 1 amide bonds. The number of hydrogen-bond acceptors (Lipinski definition) is 8. The van der Waals surface area contributed by atoms with Crippen molar-refractivity contribution in [1.82, 2.24) is 24.6 Å². The molecule has 5 heterocycles. The Kier molecular flexibility index (Phi) is 11.6. The summed E-state index contributed by atoms with van der Waals surface area (Å²) in [4.78, 5) is 21.8. The molecule has 1 aromatic carbocycles. The summed E-state index contributed by atoms with van der Waals surface area (Å²) in [5.74, 6) is 1.24. The Balaban J connectivity index is 0.00000120. The van der Waals surface area contributed by atoms with Crippen LogP contribution >= 0.6 is 0 Å². The number of alkyl halides is 3. The minimum absolute atomic E-state index is 0.0342. The molecule has 0 radical (unpaired) electrons. The molecule has 47 heavy (non-hydrogen) atoms. The smallest absolute Gasteiger partial charge is 0.379 e. The molecule has 2 aromatic heterocycles. The molecule has 3 aliphatic heterocycles. The van der Waals surface area contributed by atoms with Crippen LogP contribution in [-0.2, 0) is 42.9 Å². The van der Waals surface area contributed by atoms with Gasteiger partial charge in [-0.1, -0.05) is 34.6 Å². The highest BCUT2D eigenvalue weighted by molar-refractivity contribution is 6.10. The van der Waals surface area contributed by atoms with Crippen LogP contribution in [-0.4, -0.2) is 63.4 Å². The molecule has 2 saturated heterocycles. The van der Waals surface area contributed by atoms with E-state index in [1.807, 2.05) is 45.4 Å². The summed E-state index contributed by atoms with van der Waals surface area (Å²) >= 11 is 0. The van der Waals surface area contributed by atoms with E-state index in [1.54, 1.807) is 24.5 Å². The number of carbonyl (C=O) groups is 1. The number of aryl methyl sites for hydroxylation is 1. The average molecular weight is 655 g/mol. The summed E-state index contributed by atoms with van der Waals surface area (Å²) in [5.41, 5.74) is -0.0321. The maximum atomic E-state index is 14.4. The molecule has 0 unspecified atom stereocenters. The lowest BCUT2D eigenvalue weighted by atomic mass is 9.75. The van der Waals surface area contributed by atoms with Gasteiger partial charge in [-0.15, -0.1) is 10.2 Å². The SMILES string of the molecule is CC.CC.C[C@H]1CCCN(Cc2cc3c(c(C(F)(F)F)c2)CN(c2cc(C4(Cc5nncn5C)COC4)cc(NCC#N)n2)C3=O)C1. The molecule has 6 rings (SSSR count). The lowest BCUT2D eigenvalue weighted by Gasteiger charge is -2.42. The largest absolute Gasteiger partial charge is 0.416 e. The van der Waals surface area contributed by atoms with Gasteiger partial charge in [0.15, 0.2) is 0 Å². The number of nitriles is 1. The van der Waals surface area contributed by atoms with Crippen molar-refractivity contribution in [2.75, 3.05) is 43.1 Å². The summed E-state index contributed by atoms with van der Waals surface area (Å²) in [7, 11) is 1.85. The third-order valence-corrected chi connectivity index (χ3v) is 8.66. The molecule has 3 aromatic rings. The van der Waals surface area contributed by atoms with Crippen LogP contribution in [0.2, 0.25) is 0 Å². The molecule has 2 fully saturated rings. The zero-order chi connectivity index (χ0) is 34.4. The number of aromatic nitrogens is 4. The number of likely N-dealkylation sites (tertiary alicyclic amines) is 1. The van der Waals surface area contributed by atoms with E-state index >= 15 is 0 Å². The number of nitrogens with zero attached hydrogens (tertiary/aromatic N) is 7. The van der Waals surface area contributed by atoms with Gasteiger partial charge in [-0.3, -0.25) is 14.6 Å². The molecule has 0 bridgehead atoms. The zero-order valence-corrected chi connectivity index (χ0v) is 28.1. The predicted octanol–water partition coefficient (Wildman–Crippen LogP) is 6.12. The molecule has 3 aliphatic rings. The fourth-order valence-electron chi connectivity index (χ4n) is 6.36. The van der Waals surface area contributed by atoms with Gasteiger partial charge < -0.3 is 14.6 Å². The number of amides is 1. The van der Waals surface area contributed by atoms with Gasteiger partial charge in [-0.05, 0) is 66.3 Å². The van der Waals surface area contributed by atoms with Crippen molar-refractivity contribution in [2.24, 2.45) is 13.0 Å². The molecule has 10 nitrogen and oxygen atoms in total. The molecule has 0 saturated carbocycles. The summed E-state index contributed by atoms with van der Waals surface area (Å²) in [6.45, 7) is 12.6. The van der Waals surface area contributed by atoms with Gasteiger partial charge in [0, 0.05) is 37.5 Å². The molecular weight excluding hydrogens is 609 g/mol. The van der Waals surface area contributed by atoms with Crippen molar-refractivity contribution in [3.63, 3.8) is 0 Å². The number of nitrogens with one attached hydrogen (secondary N) is 1. The van der Waals surface area contributed by atoms with E-state index < -0.39 is 23.1 Å². The fraction of sp³-hybridized carbons (Fsp3) is 0.559. The van der Waals surface area contributed by atoms with Crippen molar-refractivity contribution >= 4 is 17.5 Å². The highest BCUT2D eigenvalue weighted by Gasteiger charge is 2.44. The van der Waals surface area contributed by atoms with Crippen LogP contribution in [0.15, 0.2) is 30.6 Å². The summed E-state index contributed by atoms with van der Waals surface area (Å²) < 4.78 is 50.6. The van der Waals surface area contributed by atoms with Gasteiger partial charge >= 0.3 is 6.18 Å². The quantitative estimate of drug-likeness (QED) is 0.289. The average Bonchev–Trinajstić information content (AvgIpc) is 3.60. The van der Waals surface area contributed by atoms with Crippen LogP contribution in [0.3, 0.4) is 0 Å². The van der Waals surface area contributed by atoms with Crippen molar-refractivity contribution in [1.29, 1.82) is 5.26 Å². The standard InChI is InChI=1S/C30H33F3N8O2.2C2H6/c1-19-4-3-7-40(13-19)14-20-8-22-23(24(9-20)30(31,32)33)15-41(28(22)42)26-11-21(10-25(37-26)35-6-5-34)29(16-43-17-29)12-27-38-36-18-39(27)2;2*1-2/h8-11,18-19H,3-4,6-7,12-17H2,1-2H3,(H,35,37);2*1-2H3/t19-;;/m0../s1. The minimum Gasteiger partial charge on any atom is -0.379 e.